The standard InChI is InChI=1S/C16H27N3O2/c1-12(2)10-21-16-14(17)7-8-15(18-16)20-11-13-6-4-5-9-19(13)3/h7-8,12-13H,4-6,9-11,17H2,1-3H3. The lowest BCUT2D eigenvalue weighted by Crippen LogP contribution is -2.40. The smallest absolute Gasteiger partial charge is 0.240 e. The predicted molar refractivity (Wildman–Crippen MR) is 84.7 cm³/mol. The van der Waals surface area contributed by atoms with Crippen LogP contribution in [0.15, 0.2) is 12.1 Å². The Balaban J connectivity index is 1.92. The zero-order valence-electron chi connectivity index (χ0n) is 13.3. The Morgan fingerprint density at radius 1 is 1.33 bits per heavy atom. The third kappa shape index (κ3) is 4.77. The summed E-state index contributed by atoms with van der Waals surface area (Å²) in [6.45, 7) is 6.60. The van der Waals surface area contributed by atoms with Gasteiger partial charge in [0.2, 0.25) is 11.8 Å². The molecule has 1 aromatic rings. The van der Waals surface area contributed by atoms with E-state index in [0.29, 0.717) is 42.6 Å². The molecule has 0 radical (unpaired) electrons. The van der Waals surface area contributed by atoms with Gasteiger partial charge < -0.3 is 20.1 Å². The molecule has 0 amide bonds. The van der Waals surface area contributed by atoms with Crippen molar-refractivity contribution in [3.05, 3.63) is 12.1 Å². The number of nitrogens with two attached hydrogens (primary N) is 1. The zero-order chi connectivity index (χ0) is 15.2. The highest BCUT2D eigenvalue weighted by atomic mass is 16.5. The lowest BCUT2D eigenvalue weighted by atomic mass is 10.0. The van der Waals surface area contributed by atoms with Crippen LogP contribution < -0.4 is 15.2 Å². The summed E-state index contributed by atoms with van der Waals surface area (Å²) in [6, 6.07) is 4.07. The quantitative estimate of drug-likeness (QED) is 0.873. The van der Waals surface area contributed by atoms with Crippen LogP contribution in [0.5, 0.6) is 11.8 Å². The maximum absolute atomic E-state index is 5.89. The van der Waals surface area contributed by atoms with Crippen LogP contribution in [-0.2, 0) is 0 Å². The maximum atomic E-state index is 5.89. The maximum Gasteiger partial charge on any atom is 0.240 e. The van der Waals surface area contributed by atoms with E-state index in [4.69, 9.17) is 15.2 Å². The highest BCUT2D eigenvalue weighted by Crippen LogP contribution is 2.23. The molecule has 0 saturated carbocycles. The average molecular weight is 293 g/mol. The number of anilines is 1. The summed E-state index contributed by atoms with van der Waals surface area (Å²) < 4.78 is 11.5. The molecule has 0 bridgehead atoms. The Bertz CT molecular complexity index is 451. The second kappa shape index (κ2) is 7.50. The van der Waals surface area contributed by atoms with Gasteiger partial charge in [-0.15, -0.1) is 0 Å². The van der Waals surface area contributed by atoms with Crippen molar-refractivity contribution in [2.45, 2.75) is 39.2 Å². The van der Waals surface area contributed by atoms with Crippen LogP contribution in [0, 0.1) is 5.92 Å². The van der Waals surface area contributed by atoms with Crippen LogP contribution in [0.3, 0.4) is 0 Å². The fourth-order valence-corrected chi connectivity index (χ4v) is 2.41. The number of likely N-dealkylation sites (tertiary alicyclic amines) is 1. The number of piperidine rings is 1. The van der Waals surface area contributed by atoms with Crippen LogP contribution in [0.4, 0.5) is 5.69 Å². The molecular formula is C16H27N3O2. The van der Waals surface area contributed by atoms with Crippen LogP contribution >= 0.6 is 0 Å². The number of rotatable bonds is 6. The fraction of sp³-hybridized carbons (Fsp3) is 0.688. The van der Waals surface area contributed by atoms with E-state index < -0.39 is 0 Å². The van der Waals surface area contributed by atoms with E-state index >= 15 is 0 Å². The Morgan fingerprint density at radius 3 is 2.86 bits per heavy atom. The van der Waals surface area contributed by atoms with Gasteiger partial charge in [-0.2, -0.15) is 4.98 Å². The van der Waals surface area contributed by atoms with Gasteiger partial charge in [-0.05, 0) is 38.4 Å². The molecule has 5 nitrogen and oxygen atoms in total. The molecule has 1 aliphatic rings. The summed E-state index contributed by atoms with van der Waals surface area (Å²) in [6.07, 6.45) is 3.73. The highest BCUT2D eigenvalue weighted by molar-refractivity contribution is 5.49. The number of pyridine rings is 1. The molecule has 2 rings (SSSR count). The first-order valence-electron chi connectivity index (χ1n) is 7.78. The Hall–Kier alpha value is -1.49. The molecule has 0 aliphatic carbocycles. The molecular weight excluding hydrogens is 266 g/mol. The summed E-state index contributed by atoms with van der Waals surface area (Å²) in [7, 11) is 2.15. The van der Waals surface area contributed by atoms with Gasteiger partial charge in [-0.25, -0.2) is 0 Å². The first-order valence-corrected chi connectivity index (χ1v) is 7.78. The first kappa shape index (κ1) is 15.9. The molecule has 2 heterocycles. The molecule has 0 aromatic carbocycles. The van der Waals surface area contributed by atoms with Gasteiger partial charge in [0.25, 0.3) is 0 Å². The Morgan fingerprint density at radius 2 is 2.14 bits per heavy atom. The van der Waals surface area contributed by atoms with E-state index in [0.717, 1.165) is 6.54 Å². The molecule has 5 heteroatoms. The normalized spacial score (nSPS) is 19.7. The van der Waals surface area contributed by atoms with Gasteiger partial charge in [0.1, 0.15) is 6.61 Å². The summed E-state index contributed by atoms with van der Waals surface area (Å²) in [5.41, 5.74) is 6.44. The van der Waals surface area contributed by atoms with Gasteiger partial charge in [0.05, 0.1) is 12.3 Å². The van der Waals surface area contributed by atoms with Crippen LogP contribution in [0.25, 0.3) is 0 Å². The highest BCUT2D eigenvalue weighted by Gasteiger charge is 2.19. The number of nitrogen functional groups attached to an aromatic ring is 1. The van der Waals surface area contributed by atoms with Gasteiger partial charge in [0.15, 0.2) is 0 Å². The molecule has 118 valence electrons. The summed E-state index contributed by atoms with van der Waals surface area (Å²) in [4.78, 5) is 6.72. The van der Waals surface area contributed by atoms with E-state index in [2.05, 4.69) is 30.8 Å². The minimum absolute atomic E-state index is 0.437. The van der Waals surface area contributed by atoms with E-state index in [1.165, 1.54) is 19.3 Å². The van der Waals surface area contributed by atoms with Crippen molar-refractivity contribution < 1.29 is 9.47 Å². The van der Waals surface area contributed by atoms with Crippen molar-refractivity contribution in [2.75, 3.05) is 32.5 Å². The van der Waals surface area contributed by atoms with Gasteiger partial charge >= 0.3 is 0 Å². The molecule has 2 N–H and O–H groups in total. The average Bonchev–Trinajstić information content (AvgIpc) is 2.46. The largest absolute Gasteiger partial charge is 0.476 e. The van der Waals surface area contributed by atoms with Crippen molar-refractivity contribution >= 4 is 5.69 Å². The molecule has 1 saturated heterocycles. The molecule has 1 aliphatic heterocycles. The minimum Gasteiger partial charge on any atom is -0.476 e. The number of aromatic nitrogens is 1. The topological polar surface area (TPSA) is 60.6 Å². The lowest BCUT2D eigenvalue weighted by Gasteiger charge is -2.31. The van der Waals surface area contributed by atoms with Crippen molar-refractivity contribution in [3.8, 4) is 11.8 Å². The predicted octanol–water partition coefficient (Wildman–Crippen LogP) is 2.56. The summed E-state index contributed by atoms with van der Waals surface area (Å²) in [5.74, 6) is 1.49. The minimum atomic E-state index is 0.437. The van der Waals surface area contributed by atoms with Crippen molar-refractivity contribution in [1.82, 2.24) is 9.88 Å². The van der Waals surface area contributed by atoms with Crippen LogP contribution in [0.1, 0.15) is 33.1 Å². The molecule has 21 heavy (non-hydrogen) atoms. The second-order valence-corrected chi connectivity index (χ2v) is 6.19. The second-order valence-electron chi connectivity index (χ2n) is 6.19. The third-order valence-corrected chi connectivity index (χ3v) is 3.76. The number of ether oxygens (including phenoxy) is 2. The van der Waals surface area contributed by atoms with Crippen molar-refractivity contribution in [2.24, 2.45) is 5.92 Å². The number of hydrogen-bond acceptors (Lipinski definition) is 5. The van der Waals surface area contributed by atoms with Gasteiger partial charge in [0, 0.05) is 12.1 Å². The Kier molecular flexibility index (Phi) is 5.67. The fourth-order valence-electron chi connectivity index (χ4n) is 2.41. The van der Waals surface area contributed by atoms with E-state index in [1.807, 2.05) is 0 Å². The van der Waals surface area contributed by atoms with E-state index in [1.54, 1.807) is 12.1 Å². The number of likely N-dealkylation sites (N-methyl/N-ethyl adjacent to an activating group) is 1. The number of hydrogen-bond donors (Lipinski definition) is 1. The van der Waals surface area contributed by atoms with Crippen molar-refractivity contribution in [3.63, 3.8) is 0 Å². The Labute approximate surface area is 127 Å². The van der Waals surface area contributed by atoms with Crippen molar-refractivity contribution in [1.29, 1.82) is 0 Å². The van der Waals surface area contributed by atoms with E-state index in [9.17, 15) is 0 Å². The number of nitrogens with zero attached hydrogens (tertiary/aromatic N) is 2. The SMILES string of the molecule is CC(C)COc1nc(OCC2CCCCN2C)ccc1N. The molecule has 1 aromatic heterocycles. The van der Waals surface area contributed by atoms with Gasteiger partial charge in [-0.1, -0.05) is 20.3 Å². The van der Waals surface area contributed by atoms with Gasteiger partial charge in [-0.3, -0.25) is 0 Å². The third-order valence-electron chi connectivity index (χ3n) is 3.76. The summed E-state index contributed by atoms with van der Waals surface area (Å²) >= 11 is 0. The van der Waals surface area contributed by atoms with Crippen LogP contribution in [0.2, 0.25) is 0 Å². The van der Waals surface area contributed by atoms with Crippen LogP contribution in [-0.4, -0.2) is 42.7 Å². The first-order chi connectivity index (χ1) is 10.1. The zero-order valence-corrected chi connectivity index (χ0v) is 13.3. The summed E-state index contributed by atoms with van der Waals surface area (Å²) in [5, 5.41) is 0. The monoisotopic (exact) mass is 293 g/mol. The van der Waals surface area contributed by atoms with E-state index in [-0.39, 0.29) is 0 Å². The molecule has 0 spiro atoms. The lowest BCUT2D eigenvalue weighted by molar-refractivity contribution is 0.122. The molecule has 1 fully saturated rings. The molecule has 1 unspecified atom stereocenters. The molecule has 1 atom stereocenters.